The van der Waals surface area contributed by atoms with Crippen LogP contribution in [-0.4, -0.2) is 32.2 Å². The number of ether oxygens (including phenoxy) is 2. The molecule has 1 aliphatic carbocycles. The maximum absolute atomic E-state index is 12.5. The van der Waals surface area contributed by atoms with Crippen molar-refractivity contribution in [3.05, 3.63) is 54.9 Å². The minimum atomic E-state index is -0.513. The van der Waals surface area contributed by atoms with Crippen LogP contribution in [0, 0.1) is 0 Å². The number of nitrogens with zero attached hydrogens (tertiary/aromatic N) is 3. The van der Waals surface area contributed by atoms with Gasteiger partial charge in [0.25, 0.3) is 5.79 Å². The van der Waals surface area contributed by atoms with Gasteiger partial charge >= 0.3 is 0 Å². The summed E-state index contributed by atoms with van der Waals surface area (Å²) in [6.07, 6.45) is 6.91. The van der Waals surface area contributed by atoms with Crippen LogP contribution in [0.4, 0.5) is 5.69 Å². The average molecular weight is 423 g/mol. The fraction of sp³-hybridized carbons (Fsp3) is 0.318. The first kappa shape index (κ1) is 19.0. The number of aromatic nitrogens is 3. The van der Waals surface area contributed by atoms with Crippen LogP contribution in [-0.2, 0) is 4.79 Å². The number of fused-ring (bicyclic) bond motifs is 1. The van der Waals surface area contributed by atoms with Crippen LogP contribution in [0.5, 0.6) is 11.5 Å². The molecule has 2 aromatic carbocycles. The van der Waals surface area contributed by atoms with Crippen LogP contribution in [0.2, 0.25) is 0 Å². The molecular formula is C22H22N4O3S. The minimum Gasteiger partial charge on any atom is -0.448 e. The summed E-state index contributed by atoms with van der Waals surface area (Å²) in [4.78, 5) is 12.5. The van der Waals surface area contributed by atoms with Gasteiger partial charge in [0.1, 0.15) is 6.33 Å². The monoisotopic (exact) mass is 422 g/mol. The van der Waals surface area contributed by atoms with Crippen LogP contribution >= 0.6 is 11.8 Å². The normalized spacial score (nSPS) is 16.5. The molecule has 0 saturated heterocycles. The van der Waals surface area contributed by atoms with Crippen LogP contribution < -0.4 is 14.8 Å². The topological polar surface area (TPSA) is 78.3 Å². The Kier molecular flexibility index (Phi) is 5.08. The molecular weight excluding hydrogens is 400 g/mol. The molecule has 1 aromatic heterocycles. The van der Waals surface area contributed by atoms with Gasteiger partial charge < -0.3 is 14.8 Å². The van der Waals surface area contributed by atoms with Crippen LogP contribution in [0.15, 0.2) is 60.0 Å². The van der Waals surface area contributed by atoms with Gasteiger partial charge in [0.2, 0.25) is 5.91 Å². The highest BCUT2D eigenvalue weighted by Gasteiger charge is 2.42. The molecule has 2 aliphatic rings. The fourth-order valence-electron chi connectivity index (χ4n) is 3.88. The van der Waals surface area contributed by atoms with E-state index in [4.69, 9.17) is 9.47 Å². The van der Waals surface area contributed by atoms with E-state index < -0.39 is 5.79 Å². The van der Waals surface area contributed by atoms with E-state index >= 15 is 0 Å². The lowest BCUT2D eigenvalue weighted by Gasteiger charge is -2.31. The number of carbonyl (C=O) groups excluding carboxylic acids is 1. The summed E-state index contributed by atoms with van der Waals surface area (Å²) < 4.78 is 14.1. The molecule has 1 fully saturated rings. The molecule has 8 heteroatoms. The van der Waals surface area contributed by atoms with E-state index in [0.29, 0.717) is 16.6 Å². The van der Waals surface area contributed by atoms with Gasteiger partial charge in [-0.25, -0.2) is 0 Å². The average Bonchev–Trinajstić information content (AvgIpc) is 3.37. The predicted octanol–water partition coefficient (Wildman–Crippen LogP) is 4.43. The van der Waals surface area contributed by atoms with E-state index in [1.54, 1.807) is 6.33 Å². The molecule has 1 aliphatic heterocycles. The summed E-state index contributed by atoms with van der Waals surface area (Å²) in [5.41, 5.74) is 1.65. The summed E-state index contributed by atoms with van der Waals surface area (Å²) in [7, 11) is 0. The van der Waals surface area contributed by atoms with Gasteiger partial charge in [-0.3, -0.25) is 9.36 Å². The third-order valence-corrected chi connectivity index (χ3v) is 6.26. The lowest BCUT2D eigenvalue weighted by molar-refractivity contribution is -0.113. The molecule has 0 radical (unpaired) electrons. The van der Waals surface area contributed by atoms with Crippen molar-refractivity contribution in [2.24, 2.45) is 0 Å². The standard InChI is InChI=1S/C22H22N4O3S/c27-20(14-30-21-25-23-15-26(21)17-7-3-1-4-8-17)24-16-9-10-18-19(13-16)29-22(28-18)11-5-2-6-12-22/h1,3-4,7-10,13,15H,2,5-6,11-12,14H2,(H,24,27). The molecule has 7 nitrogen and oxygen atoms in total. The summed E-state index contributed by atoms with van der Waals surface area (Å²) >= 11 is 1.34. The number of benzene rings is 2. The van der Waals surface area contributed by atoms with Crippen molar-refractivity contribution in [2.45, 2.75) is 43.0 Å². The van der Waals surface area contributed by atoms with Gasteiger partial charge in [-0.2, -0.15) is 0 Å². The van der Waals surface area contributed by atoms with E-state index in [1.807, 2.05) is 53.1 Å². The molecule has 0 unspecified atom stereocenters. The van der Waals surface area contributed by atoms with Crippen molar-refractivity contribution in [2.75, 3.05) is 11.1 Å². The summed E-state index contributed by atoms with van der Waals surface area (Å²) in [6.45, 7) is 0. The number of hydrogen-bond donors (Lipinski definition) is 1. The van der Waals surface area contributed by atoms with E-state index in [1.165, 1.54) is 18.2 Å². The van der Waals surface area contributed by atoms with Gasteiger partial charge in [-0.1, -0.05) is 36.4 Å². The SMILES string of the molecule is O=C(CSc1nncn1-c1ccccc1)Nc1ccc2c(c1)OC1(CCCCC1)O2. The van der Waals surface area contributed by atoms with Crippen molar-refractivity contribution in [1.82, 2.24) is 14.8 Å². The van der Waals surface area contributed by atoms with Crippen molar-refractivity contribution >= 4 is 23.4 Å². The molecule has 30 heavy (non-hydrogen) atoms. The predicted molar refractivity (Wildman–Crippen MR) is 114 cm³/mol. The van der Waals surface area contributed by atoms with Crippen molar-refractivity contribution < 1.29 is 14.3 Å². The third kappa shape index (κ3) is 3.87. The smallest absolute Gasteiger partial charge is 0.251 e. The molecule has 3 aromatic rings. The maximum atomic E-state index is 12.5. The molecule has 0 bridgehead atoms. The minimum absolute atomic E-state index is 0.117. The first-order chi connectivity index (χ1) is 14.7. The Balaban J connectivity index is 1.21. The maximum Gasteiger partial charge on any atom is 0.251 e. The number of thioether (sulfide) groups is 1. The number of amides is 1. The Morgan fingerprint density at radius 1 is 1.07 bits per heavy atom. The van der Waals surface area contributed by atoms with Crippen LogP contribution in [0.3, 0.4) is 0 Å². The zero-order valence-electron chi connectivity index (χ0n) is 16.4. The Bertz CT molecular complexity index is 1050. The van der Waals surface area contributed by atoms with Gasteiger partial charge in [0.05, 0.1) is 5.75 Å². The Hall–Kier alpha value is -3.00. The number of para-hydroxylation sites is 1. The highest BCUT2D eigenvalue weighted by molar-refractivity contribution is 7.99. The summed E-state index contributed by atoms with van der Waals surface area (Å²) in [5.74, 6) is 1.05. The van der Waals surface area contributed by atoms with Gasteiger partial charge in [-0.15, -0.1) is 10.2 Å². The lowest BCUT2D eigenvalue weighted by Crippen LogP contribution is -2.40. The molecule has 5 rings (SSSR count). The van der Waals surface area contributed by atoms with Gasteiger partial charge in [0, 0.05) is 30.3 Å². The van der Waals surface area contributed by atoms with E-state index in [0.717, 1.165) is 37.1 Å². The molecule has 1 N–H and O–H groups in total. The molecule has 1 spiro atoms. The van der Waals surface area contributed by atoms with Gasteiger partial charge in [0.15, 0.2) is 16.7 Å². The van der Waals surface area contributed by atoms with E-state index in [-0.39, 0.29) is 11.7 Å². The second kappa shape index (κ2) is 8.02. The molecule has 1 saturated carbocycles. The number of anilines is 1. The van der Waals surface area contributed by atoms with Crippen LogP contribution in [0.25, 0.3) is 5.69 Å². The van der Waals surface area contributed by atoms with Gasteiger partial charge in [-0.05, 0) is 37.1 Å². The Labute approximate surface area is 178 Å². The highest BCUT2D eigenvalue weighted by Crippen LogP contribution is 2.46. The zero-order valence-corrected chi connectivity index (χ0v) is 17.2. The Morgan fingerprint density at radius 2 is 1.87 bits per heavy atom. The molecule has 1 amide bonds. The first-order valence-electron chi connectivity index (χ1n) is 10.1. The Morgan fingerprint density at radius 3 is 2.70 bits per heavy atom. The molecule has 2 heterocycles. The number of nitrogens with one attached hydrogen (secondary N) is 1. The van der Waals surface area contributed by atoms with Crippen molar-refractivity contribution in [3.63, 3.8) is 0 Å². The molecule has 0 atom stereocenters. The first-order valence-corrected chi connectivity index (χ1v) is 11.1. The van der Waals surface area contributed by atoms with Crippen molar-refractivity contribution in [3.8, 4) is 17.2 Å². The fourth-order valence-corrected chi connectivity index (χ4v) is 4.61. The van der Waals surface area contributed by atoms with E-state index in [9.17, 15) is 4.79 Å². The summed E-state index contributed by atoms with van der Waals surface area (Å²) in [6, 6.07) is 15.4. The highest BCUT2D eigenvalue weighted by atomic mass is 32.2. The zero-order chi connectivity index (χ0) is 20.4. The quantitative estimate of drug-likeness (QED) is 0.613. The third-order valence-electron chi connectivity index (χ3n) is 5.32. The number of hydrogen-bond acceptors (Lipinski definition) is 6. The summed E-state index contributed by atoms with van der Waals surface area (Å²) in [5, 5.41) is 11.7. The van der Waals surface area contributed by atoms with Crippen LogP contribution in [0.1, 0.15) is 32.1 Å². The second-order valence-corrected chi connectivity index (χ2v) is 8.44. The van der Waals surface area contributed by atoms with Crippen molar-refractivity contribution in [1.29, 1.82) is 0 Å². The van der Waals surface area contributed by atoms with E-state index in [2.05, 4.69) is 15.5 Å². The lowest BCUT2D eigenvalue weighted by atomic mass is 9.94. The number of rotatable bonds is 5. The molecule has 154 valence electrons. The number of carbonyl (C=O) groups is 1. The second-order valence-electron chi connectivity index (χ2n) is 7.49. The largest absolute Gasteiger partial charge is 0.448 e.